The second kappa shape index (κ2) is 3.56. The molecule has 1 aromatic carbocycles. The van der Waals surface area contributed by atoms with Gasteiger partial charge in [-0.15, -0.1) is 0 Å². The quantitative estimate of drug-likeness (QED) is 0.596. The van der Waals surface area contributed by atoms with Gasteiger partial charge in [0.25, 0.3) is 0 Å². The maximum Gasteiger partial charge on any atom is 0.132 e. The third-order valence-corrected chi connectivity index (χ3v) is 1.91. The normalized spacial score (nSPS) is 18.0. The Morgan fingerprint density at radius 2 is 1.75 bits per heavy atom. The van der Waals surface area contributed by atoms with Crippen LogP contribution in [-0.4, -0.2) is 19.4 Å². The van der Waals surface area contributed by atoms with Crippen LogP contribution in [0.3, 0.4) is 0 Å². The van der Waals surface area contributed by atoms with Crippen LogP contribution in [-0.2, 0) is 0 Å². The van der Waals surface area contributed by atoms with Crippen molar-refractivity contribution in [2.24, 2.45) is 0 Å². The lowest BCUT2D eigenvalue weighted by Gasteiger charge is -2.13. The van der Waals surface area contributed by atoms with Gasteiger partial charge in [-0.2, -0.15) is 0 Å². The highest BCUT2D eigenvalue weighted by Gasteiger charge is 2.10. The summed E-state index contributed by atoms with van der Waals surface area (Å²) in [5.41, 5.74) is 1.14. The summed E-state index contributed by atoms with van der Waals surface area (Å²) < 4.78 is 0. The Morgan fingerprint density at radius 1 is 1.08 bits per heavy atom. The maximum atomic E-state index is 3.32. The molecule has 0 radical (unpaired) electrons. The summed E-state index contributed by atoms with van der Waals surface area (Å²) >= 11 is 0. The number of hydrogen-bond donors (Lipinski definition) is 3. The molecule has 0 bridgehead atoms. The van der Waals surface area contributed by atoms with Crippen molar-refractivity contribution in [3.05, 3.63) is 30.3 Å². The van der Waals surface area contributed by atoms with E-state index in [2.05, 4.69) is 28.1 Å². The van der Waals surface area contributed by atoms with Crippen LogP contribution in [0.15, 0.2) is 30.3 Å². The molecule has 1 fully saturated rings. The van der Waals surface area contributed by atoms with E-state index in [1.165, 1.54) is 0 Å². The topological polar surface area (TPSA) is 36.1 Å². The maximum absolute atomic E-state index is 3.32. The molecule has 3 heteroatoms. The van der Waals surface area contributed by atoms with Crippen molar-refractivity contribution in [2.75, 3.05) is 18.4 Å². The Labute approximate surface area is 72.2 Å². The molecule has 0 saturated carbocycles. The molecular weight excluding hydrogens is 150 g/mol. The van der Waals surface area contributed by atoms with Crippen molar-refractivity contribution in [1.29, 1.82) is 0 Å². The summed E-state index contributed by atoms with van der Waals surface area (Å²) in [6.07, 6.45) is 0.229. The van der Waals surface area contributed by atoms with E-state index in [0.29, 0.717) is 0 Å². The number of anilines is 1. The lowest BCUT2D eigenvalue weighted by atomic mass is 10.3. The lowest BCUT2D eigenvalue weighted by Crippen LogP contribution is -2.38. The van der Waals surface area contributed by atoms with Gasteiger partial charge >= 0.3 is 0 Å². The third-order valence-electron chi connectivity index (χ3n) is 1.91. The molecule has 0 aromatic heterocycles. The summed E-state index contributed by atoms with van der Waals surface area (Å²) in [6, 6.07) is 10.2. The van der Waals surface area contributed by atoms with Gasteiger partial charge in [0.05, 0.1) is 0 Å². The minimum Gasteiger partial charge on any atom is -0.358 e. The molecule has 0 atom stereocenters. The first-order valence-electron chi connectivity index (χ1n) is 4.23. The first-order valence-corrected chi connectivity index (χ1v) is 4.23. The molecule has 12 heavy (non-hydrogen) atoms. The Bertz CT molecular complexity index is 229. The summed E-state index contributed by atoms with van der Waals surface area (Å²) in [7, 11) is 0. The first kappa shape index (κ1) is 7.58. The van der Waals surface area contributed by atoms with E-state index in [4.69, 9.17) is 0 Å². The zero-order chi connectivity index (χ0) is 8.23. The van der Waals surface area contributed by atoms with E-state index in [9.17, 15) is 0 Å². The molecule has 0 spiro atoms. The first-order chi connectivity index (χ1) is 5.95. The number of para-hydroxylation sites is 1. The second-order valence-corrected chi connectivity index (χ2v) is 2.85. The average molecular weight is 163 g/mol. The Balaban J connectivity index is 1.94. The minimum absolute atomic E-state index is 0.229. The van der Waals surface area contributed by atoms with E-state index in [1.54, 1.807) is 0 Å². The highest BCUT2D eigenvalue weighted by atomic mass is 15.3. The van der Waals surface area contributed by atoms with Crippen molar-refractivity contribution in [2.45, 2.75) is 6.29 Å². The van der Waals surface area contributed by atoms with Gasteiger partial charge < -0.3 is 5.32 Å². The van der Waals surface area contributed by atoms with E-state index in [-0.39, 0.29) is 6.29 Å². The summed E-state index contributed by atoms with van der Waals surface area (Å²) in [4.78, 5) is 0. The number of benzene rings is 1. The fourth-order valence-electron chi connectivity index (χ4n) is 1.31. The van der Waals surface area contributed by atoms with Crippen LogP contribution in [0.1, 0.15) is 0 Å². The van der Waals surface area contributed by atoms with Crippen LogP contribution < -0.4 is 16.0 Å². The van der Waals surface area contributed by atoms with E-state index < -0.39 is 0 Å². The molecule has 1 saturated heterocycles. The molecule has 1 aliphatic rings. The minimum atomic E-state index is 0.229. The van der Waals surface area contributed by atoms with Crippen molar-refractivity contribution < 1.29 is 0 Å². The number of nitrogens with one attached hydrogen (secondary N) is 3. The molecule has 1 aromatic rings. The zero-order valence-electron chi connectivity index (χ0n) is 6.88. The van der Waals surface area contributed by atoms with Crippen molar-refractivity contribution in [3.8, 4) is 0 Å². The fourth-order valence-corrected chi connectivity index (χ4v) is 1.31. The molecule has 1 heterocycles. The molecule has 0 amide bonds. The third kappa shape index (κ3) is 1.75. The fraction of sp³-hybridized carbons (Fsp3) is 0.333. The van der Waals surface area contributed by atoms with Gasteiger partial charge in [-0.1, -0.05) is 18.2 Å². The number of rotatable bonds is 2. The predicted molar refractivity (Wildman–Crippen MR) is 49.9 cm³/mol. The van der Waals surface area contributed by atoms with Crippen LogP contribution in [0.25, 0.3) is 0 Å². The zero-order valence-corrected chi connectivity index (χ0v) is 6.88. The second-order valence-electron chi connectivity index (χ2n) is 2.85. The van der Waals surface area contributed by atoms with Crippen LogP contribution in [0, 0.1) is 0 Å². The monoisotopic (exact) mass is 163 g/mol. The van der Waals surface area contributed by atoms with Crippen LogP contribution in [0.2, 0.25) is 0 Å². The van der Waals surface area contributed by atoms with Gasteiger partial charge in [-0.25, -0.2) is 0 Å². The molecule has 0 unspecified atom stereocenters. The van der Waals surface area contributed by atoms with Gasteiger partial charge in [0, 0.05) is 18.8 Å². The standard InChI is InChI=1S/C9H13N3/c1-2-4-8(5-3-1)12-9-10-6-7-11-9/h1-5,9-12H,6-7H2. The predicted octanol–water partition coefficient (Wildman–Crippen LogP) is 0.575. The largest absolute Gasteiger partial charge is 0.358 e. The van der Waals surface area contributed by atoms with Crippen molar-refractivity contribution >= 4 is 5.69 Å². The summed E-state index contributed by atoms with van der Waals surface area (Å²) in [5.74, 6) is 0. The van der Waals surface area contributed by atoms with Crippen molar-refractivity contribution in [1.82, 2.24) is 10.6 Å². The average Bonchev–Trinajstić information content (AvgIpc) is 2.59. The molecule has 3 N–H and O–H groups in total. The SMILES string of the molecule is c1ccc(NC2NCCN2)cc1. The van der Waals surface area contributed by atoms with E-state index in [0.717, 1.165) is 18.8 Å². The van der Waals surface area contributed by atoms with Crippen molar-refractivity contribution in [3.63, 3.8) is 0 Å². The van der Waals surface area contributed by atoms with Gasteiger partial charge in [-0.3, -0.25) is 10.6 Å². The highest BCUT2D eigenvalue weighted by molar-refractivity contribution is 5.43. The smallest absolute Gasteiger partial charge is 0.132 e. The van der Waals surface area contributed by atoms with Crippen LogP contribution >= 0.6 is 0 Å². The summed E-state index contributed by atoms with van der Waals surface area (Å²) in [5, 5.41) is 9.88. The Kier molecular flexibility index (Phi) is 2.25. The number of hydrogen-bond acceptors (Lipinski definition) is 3. The molecular formula is C9H13N3. The Hall–Kier alpha value is -1.06. The lowest BCUT2D eigenvalue weighted by molar-refractivity contribution is 0.620. The molecule has 2 rings (SSSR count). The van der Waals surface area contributed by atoms with E-state index in [1.807, 2.05) is 18.2 Å². The van der Waals surface area contributed by atoms with Gasteiger partial charge in [0.2, 0.25) is 0 Å². The van der Waals surface area contributed by atoms with E-state index >= 15 is 0 Å². The molecule has 0 aliphatic carbocycles. The van der Waals surface area contributed by atoms with Crippen LogP contribution in [0.5, 0.6) is 0 Å². The Morgan fingerprint density at radius 3 is 2.42 bits per heavy atom. The van der Waals surface area contributed by atoms with Gasteiger partial charge in [0.15, 0.2) is 0 Å². The summed E-state index contributed by atoms with van der Waals surface area (Å²) in [6.45, 7) is 2.06. The highest BCUT2D eigenvalue weighted by Crippen LogP contribution is 2.05. The van der Waals surface area contributed by atoms with Crippen LogP contribution in [0.4, 0.5) is 5.69 Å². The molecule has 1 aliphatic heterocycles. The van der Waals surface area contributed by atoms with Gasteiger partial charge in [-0.05, 0) is 12.1 Å². The molecule has 3 nitrogen and oxygen atoms in total. The molecule has 64 valence electrons. The van der Waals surface area contributed by atoms with Gasteiger partial charge in [0.1, 0.15) is 6.29 Å².